The van der Waals surface area contributed by atoms with Crippen LogP contribution in [0, 0.1) is 40.4 Å². The zero-order chi connectivity index (χ0) is 21.5. The number of ketones is 2. The van der Waals surface area contributed by atoms with Gasteiger partial charge in [0, 0.05) is 36.0 Å². The third-order valence-corrected chi connectivity index (χ3v) is 8.70. The molecule has 0 aromatic carbocycles. The normalized spacial score (nSPS) is 51.6. The van der Waals surface area contributed by atoms with E-state index in [4.69, 9.17) is 9.47 Å². The number of rotatable bonds is 1. The first kappa shape index (κ1) is 20.5. The van der Waals surface area contributed by atoms with Crippen LogP contribution in [0.4, 0.5) is 0 Å². The molecule has 3 aliphatic carbocycles. The molecule has 10 unspecified atom stereocenters. The number of carbonyl (C=O) groups is 4. The van der Waals surface area contributed by atoms with Crippen LogP contribution in [0.25, 0.3) is 0 Å². The summed E-state index contributed by atoms with van der Waals surface area (Å²) in [6.45, 7) is 8.80. The van der Waals surface area contributed by atoms with Gasteiger partial charge in [0.2, 0.25) is 0 Å². The average molecular weight is 406 g/mol. The maximum atomic E-state index is 13.8. The van der Waals surface area contributed by atoms with Crippen LogP contribution in [-0.4, -0.2) is 46.9 Å². The van der Waals surface area contributed by atoms with Gasteiger partial charge in [-0.25, -0.2) is 0 Å². The first-order valence-electron chi connectivity index (χ1n) is 10.6. The van der Waals surface area contributed by atoms with Crippen molar-refractivity contribution in [3.8, 4) is 0 Å². The van der Waals surface area contributed by atoms with Gasteiger partial charge in [-0.1, -0.05) is 27.7 Å². The molecule has 0 aromatic rings. The van der Waals surface area contributed by atoms with E-state index in [9.17, 15) is 24.3 Å². The summed E-state index contributed by atoms with van der Waals surface area (Å²) in [5.74, 6) is -3.04. The average Bonchev–Trinajstić information content (AvgIpc) is 2.62. The van der Waals surface area contributed by atoms with Crippen LogP contribution in [0.5, 0.6) is 0 Å². The van der Waals surface area contributed by atoms with Gasteiger partial charge < -0.3 is 14.6 Å². The fourth-order valence-corrected chi connectivity index (χ4v) is 7.47. The molecule has 0 radical (unpaired) electrons. The lowest BCUT2D eigenvalue weighted by atomic mass is 9.38. The van der Waals surface area contributed by atoms with Gasteiger partial charge in [-0.15, -0.1) is 0 Å². The van der Waals surface area contributed by atoms with Crippen LogP contribution in [-0.2, 0) is 28.7 Å². The molecular weight excluding hydrogens is 376 g/mol. The summed E-state index contributed by atoms with van der Waals surface area (Å²) in [6.07, 6.45) is -1.61. The van der Waals surface area contributed by atoms with E-state index >= 15 is 0 Å². The highest BCUT2D eigenvalue weighted by molar-refractivity contribution is 5.99. The molecule has 0 aromatic heterocycles. The summed E-state index contributed by atoms with van der Waals surface area (Å²) >= 11 is 0. The Balaban J connectivity index is 1.91. The largest absolute Gasteiger partial charge is 0.462 e. The van der Waals surface area contributed by atoms with Crippen LogP contribution in [0.15, 0.2) is 0 Å². The zero-order valence-corrected chi connectivity index (χ0v) is 17.6. The minimum Gasteiger partial charge on any atom is -0.462 e. The minimum absolute atomic E-state index is 0.00402. The Morgan fingerprint density at radius 2 is 1.79 bits per heavy atom. The van der Waals surface area contributed by atoms with Crippen LogP contribution in [0.3, 0.4) is 0 Å². The number of esters is 2. The molecule has 1 aliphatic heterocycles. The summed E-state index contributed by atoms with van der Waals surface area (Å²) < 4.78 is 11.2. The number of hydrogen-bond donors (Lipinski definition) is 1. The Labute approximate surface area is 170 Å². The Morgan fingerprint density at radius 1 is 1.14 bits per heavy atom. The SMILES string of the molecule is CC(=O)OC1C(=O)C2C3(C)C(=O)C(O)CC(C)C3CC3OC(=O)CC(C1C)C32C. The highest BCUT2D eigenvalue weighted by atomic mass is 16.6. The number of carbonyl (C=O) groups excluding carboxylic acids is 4. The topological polar surface area (TPSA) is 107 Å². The number of Topliss-reactive ketones (excluding diaryl/α,β-unsaturated/α-hetero) is 2. The molecule has 7 nitrogen and oxygen atoms in total. The lowest BCUT2D eigenvalue weighted by molar-refractivity contribution is -0.247. The summed E-state index contributed by atoms with van der Waals surface area (Å²) in [5.41, 5.74) is -1.82. The molecule has 4 aliphatic rings. The highest BCUT2D eigenvalue weighted by Gasteiger charge is 2.74. The summed E-state index contributed by atoms with van der Waals surface area (Å²) in [5, 5.41) is 10.5. The van der Waals surface area contributed by atoms with Crippen molar-refractivity contribution < 1.29 is 33.8 Å². The second-order valence-corrected chi connectivity index (χ2v) is 10.1. The Morgan fingerprint density at radius 3 is 2.41 bits per heavy atom. The smallest absolute Gasteiger partial charge is 0.306 e. The van der Waals surface area contributed by atoms with E-state index in [2.05, 4.69) is 0 Å². The van der Waals surface area contributed by atoms with Gasteiger partial charge >= 0.3 is 11.9 Å². The molecule has 0 spiro atoms. The summed E-state index contributed by atoms with van der Waals surface area (Å²) in [4.78, 5) is 51.3. The number of aliphatic hydroxyl groups excluding tert-OH is 1. The van der Waals surface area contributed by atoms with E-state index in [1.165, 1.54) is 6.92 Å². The maximum Gasteiger partial charge on any atom is 0.306 e. The Hall–Kier alpha value is -1.76. The van der Waals surface area contributed by atoms with E-state index in [0.717, 1.165) is 0 Å². The lowest BCUT2D eigenvalue weighted by Gasteiger charge is -2.66. The first-order valence-corrected chi connectivity index (χ1v) is 10.6. The standard InChI is InChI=1S/C22H30O7/c1-9-6-14(24)20(27)22(5)12(9)7-15-21(4)13(8-16(25)29-15)10(2)18(28-11(3)23)17(26)19(21)22/h9-10,12-15,18-19,24H,6-8H2,1-5H3. The number of hydrogen-bond acceptors (Lipinski definition) is 7. The van der Waals surface area contributed by atoms with Gasteiger partial charge in [-0.3, -0.25) is 19.2 Å². The molecule has 4 rings (SSSR count). The van der Waals surface area contributed by atoms with Gasteiger partial charge in [0.05, 0.1) is 0 Å². The van der Waals surface area contributed by atoms with E-state index < -0.39 is 41.0 Å². The second-order valence-electron chi connectivity index (χ2n) is 10.1. The van der Waals surface area contributed by atoms with Crippen molar-refractivity contribution in [2.45, 2.75) is 72.2 Å². The third kappa shape index (κ3) is 2.52. The van der Waals surface area contributed by atoms with Crippen LogP contribution < -0.4 is 0 Å². The number of ether oxygens (including phenoxy) is 2. The molecule has 10 atom stereocenters. The summed E-state index contributed by atoms with van der Waals surface area (Å²) in [6, 6.07) is 0. The van der Waals surface area contributed by atoms with Crippen LogP contribution in [0.2, 0.25) is 0 Å². The molecule has 0 amide bonds. The van der Waals surface area contributed by atoms with E-state index in [-0.39, 0.29) is 47.6 Å². The molecule has 1 saturated heterocycles. The maximum absolute atomic E-state index is 13.8. The van der Waals surface area contributed by atoms with Crippen molar-refractivity contribution in [2.75, 3.05) is 0 Å². The molecule has 160 valence electrons. The number of aliphatic hydroxyl groups is 1. The minimum atomic E-state index is -1.12. The molecule has 0 bridgehead atoms. The Kier molecular flexibility index (Phi) is 4.50. The lowest BCUT2D eigenvalue weighted by Crippen LogP contribution is -2.73. The molecule has 3 saturated carbocycles. The van der Waals surface area contributed by atoms with Gasteiger partial charge in [0.1, 0.15) is 12.2 Å². The van der Waals surface area contributed by atoms with E-state index in [0.29, 0.717) is 12.8 Å². The predicted octanol–water partition coefficient (Wildman–Crippen LogP) is 1.69. The highest BCUT2D eigenvalue weighted by Crippen LogP contribution is 2.67. The van der Waals surface area contributed by atoms with Crippen LogP contribution in [0.1, 0.15) is 53.9 Å². The molecule has 7 heteroatoms. The van der Waals surface area contributed by atoms with Crippen molar-refractivity contribution in [3.05, 3.63) is 0 Å². The van der Waals surface area contributed by atoms with Crippen molar-refractivity contribution in [3.63, 3.8) is 0 Å². The quantitative estimate of drug-likeness (QED) is 0.660. The molecule has 1 N–H and O–H groups in total. The zero-order valence-electron chi connectivity index (χ0n) is 17.6. The van der Waals surface area contributed by atoms with Gasteiger partial charge in [0.25, 0.3) is 0 Å². The third-order valence-electron chi connectivity index (χ3n) is 8.70. The van der Waals surface area contributed by atoms with Gasteiger partial charge in [-0.05, 0) is 30.6 Å². The molecule has 4 fully saturated rings. The van der Waals surface area contributed by atoms with E-state index in [1.54, 1.807) is 6.92 Å². The fraction of sp³-hybridized carbons (Fsp3) is 0.818. The monoisotopic (exact) mass is 406 g/mol. The van der Waals surface area contributed by atoms with Gasteiger partial charge in [0.15, 0.2) is 17.7 Å². The second kappa shape index (κ2) is 6.37. The first-order chi connectivity index (χ1) is 13.4. The number of fused-ring (bicyclic) bond motifs is 2. The van der Waals surface area contributed by atoms with Crippen molar-refractivity contribution in [1.82, 2.24) is 0 Å². The van der Waals surface area contributed by atoms with Gasteiger partial charge in [-0.2, -0.15) is 0 Å². The van der Waals surface area contributed by atoms with Crippen LogP contribution >= 0.6 is 0 Å². The molecule has 1 heterocycles. The van der Waals surface area contributed by atoms with E-state index in [1.807, 2.05) is 20.8 Å². The molecular formula is C22H30O7. The Bertz CT molecular complexity index is 790. The fourth-order valence-electron chi connectivity index (χ4n) is 7.47. The summed E-state index contributed by atoms with van der Waals surface area (Å²) in [7, 11) is 0. The van der Waals surface area contributed by atoms with Crippen molar-refractivity contribution in [1.29, 1.82) is 0 Å². The predicted molar refractivity (Wildman–Crippen MR) is 100 cm³/mol. The molecule has 29 heavy (non-hydrogen) atoms. The van der Waals surface area contributed by atoms with Crippen molar-refractivity contribution in [2.24, 2.45) is 40.4 Å². The van der Waals surface area contributed by atoms with Crippen molar-refractivity contribution >= 4 is 23.5 Å².